The average molecular weight is 287 g/mol. The smallest absolute Gasteiger partial charge is 0.185 e. The third-order valence-corrected chi connectivity index (χ3v) is 3.24. The minimum atomic E-state index is 0.294. The van der Waals surface area contributed by atoms with Crippen LogP contribution in [0.25, 0.3) is 17.0 Å². The minimum Gasteiger partial charge on any atom is -0.453 e. The second-order valence-corrected chi connectivity index (χ2v) is 4.86. The Labute approximate surface area is 120 Å². The van der Waals surface area contributed by atoms with Crippen LogP contribution in [0.4, 0.5) is 0 Å². The highest BCUT2D eigenvalue weighted by molar-refractivity contribution is 6.32. The van der Waals surface area contributed by atoms with Crippen LogP contribution >= 0.6 is 11.6 Å². The Balaban J connectivity index is 2.00. The van der Waals surface area contributed by atoms with Gasteiger partial charge >= 0.3 is 0 Å². The highest BCUT2D eigenvalue weighted by Crippen LogP contribution is 2.28. The summed E-state index contributed by atoms with van der Waals surface area (Å²) in [5.74, 6) is 0.903. The highest BCUT2D eigenvalue weighted by Gasteiger charge is 2.09. The fourth-order valence-corrected chi connectivity index (χ4v) is 2.23. The predicted octanol–water partition coefficient (Wildman–Crippen LogP) is 3.91. The molecule has 0 amide bonds. The van der Waals surface area contributed by atoms with E-state index in [1.165, 1.54) is 0 Å². The van der Waals surface area contributed by atoms with Gasteiger partial charge in [-0.3, -0.25) is 4.79 Å². The van der Waals surface area contributed by atoms with Gasteiger partial charge in [0.25, 0.3) is 0 Å². The maximum atomic E-state index is 10.6. The summed E-state index contributed by atoms with van der Waals surface area (Å²) in [5, 5.41) is 4.79. The number of carbonyl (C=O) groups is 1. The number of aldehydes is 1. The van der Waals surface area contributed by atoms with Gasteiger partial charge in [0.2, 0.25) is 0 Å². The Morgan fingerprint density at radius 3 is 2.75 bits per heavy atom. The van der Waals surface area contributed by atoms with Gasteiger partial charge in [-0.2, -0.15) is 5.10 Å². The number of halogens is 1. The van der Waals surface area contributed by atoms with Gasteiger partial charge in [0, 0.05) is 11.8 Å². The van der Waals surface area contributed by atoms with Crippen LogP contribution in [0.1, 0.15) is 16.1 Å². The first kappa shape index (κ1) is 12.7. The molecule has 0 aliphatic carbocycles. The van der Waals surface area contributed by atoms with Crippen molar-refractivity contribution in [3.8, 4) is 17.0 Å². The van der Waals surface area contributed by atoms with Crippen molar-refractivity contribution in [3.05, 3.63) is 59.1 Å². The molecule has 2 heterocycles. The SMILES string of the molecule is Cc1cnn(-c2ccc(-c3ccc(C=O)o3)cc2Cl)c1. The molecule has 0 aliphatic rings. The van der Waals surface area contributed by atoms with Crippen LogP contribution < -0.4 is 0 Å². The number of nitrogens with zero attached hydrogens (tertiary/aromatic N) is 2. The molecule has 2 aromatic heterocycles. The summed E-state index contributed by atoms with van der Waals surface area (Å²) in [6, 6.07) is 8.91. The number of aromatic nitrogens is 2. The Bertz CT molecular complexity index is 774. The molecule has 0 unspecified atom stereocenters. The highest BCUT2D eigenvalue weighted by atomic mass is 35.5. The molecule has 100 valence electrons. The summed E-state index contributed by atoms with van der Waals surface area (Å²) in [5.41, 5.74) is 2.67. The zero-order chi connectivity index (χ0) is 14.1. The lowest BCUT2D eigenvalue weighted by Gasteiger charge is -2.06. The Morgan fingerprint density at radius 1 is 1.30 bits per heavy atom. The van der Waals surface area contributed by atoms with Gasteiger partial charge in [0.15, 0.2) is 12.0 Å². The zero-order valence-corrected chi connectivity index (χ0v) is 11.5. The van der Waals surface area contributed by atoms with Gasteiger partial charge in [-0.05, 0) is 42.8 Å². The van der Waals surface area contributed by atoms with E-state index >= 15 is 0 Å². The fourth-order valence-electron chi connectivity index (χ4n) is 1.96. The predicted molar refractivity (Wildman–Crippen MR) is 76.4 cm³/mol. The number of furan rings is 1. The van der Waals surface area contributed by atoms with Crippen molar-refractivity contribution >= 4 is 17.9 Å². The van der Waals surface area contributed by atoms with Crippen LogP contribution in [0.15, 0.2) is 47.1 Å². The van der Waals surface area contributed by atoms with Crippen molar-refractivity contribution in [2.45, 2.75) is 6.92 Å². The molecule has 0 fully saturated rings. The summed E-state index contributed by atoms with van der Waals surface area (Å²) in [7, 11) is 0. The van der Waals surface area contributed by atoms with Crippen LogP contribution in [0, 0.1) is 6.92 Å². The second-order valence-electron chi connectivity index (χ2n) is 4.45. The number of aryl methyl sites for hydroxylation is 1. The van der Waals surface area contributed by atoms with Gasteiger partial charge < -0.3 is 4.42 Å². The van der Waals surface area contributed by atoms with E-state index in [2.05, 4.69) is 5.10 Å². The maximum absolute atomic E-state index is 10.6. The first-order valence-corrected chi connectivity index (χ1v) is 6.42. The summed E-state index contributed by atoms with van der Waals surface area (Å²) in [6.07, 6.45) is 4.34. The van der Waals surface area contributed by atoms with Crippen LogP contribution in [-0.2, 0) is 0 Å². The van der Waals surface area contributed by atoms with Crippen molar-refractivity contribution in [2.75, 3.05) is 0 Å². The van der Waals surface area contributed by atoms with E-state index in [0.29, 0.717) is 22.8 Å². The van der Waals surface area contributed by atoms with Crippen LogP contribution in [-0.4, -0.2) is 16.1 Å². The zero-order valence-electron chi connectivity index (χ0n) is 10.7. The molecular formula is C15H11ClN2O2. The van der Waals surface area contributed by atoms with E-state index in [9.17, 15) is 4.79 Å². The molecule has 5 heteroatoms. The van der Waals surface area contributed by atoms with Crippen molar-refractivity contribution in [1.29, 1.82) is 0 Å². The standard InChI is InChI=1S/C15H11ClN2O2/c1-10-7-17-18(8-10)14-4-2-11(6-13(14)16)15-5-3-12(9-19)20-15/h2-9H,1H3. The minimum absolute atomic E-state index is 0.294. The number of hydrogen-bond acceptors (Lipinski definition) is 3. The first-order valence-electron chi connectivity index (χ1n) is 6.04. The molecule has 0 saturated carbocycles. The van der Waals surface area contributed by atoms with Gasteiger partial charge in [-0.1, -0.05) is 11.6 Å². The molecule has 1 aromatic carbocycles. The quantitative estimate of drug-likeness (QED) is 0.686. The van der Waals surface area contributed by atoms with Gasteiger partial charge in [-0.15, -0.1) is 0 Å². The van der Waals surface area contributed by atoms with Crippen LogP contribution in [0.2, 0.25) is 5.02 Å². The molecule has 20 heavy (non-hydrogen) atoms. The largest absolute Gasteiger partial charge is 0.453 e. The van der Waals surface area contributed by atoms with E-state index in [4.69, 9.17) is 16.0 Å². The van der Waals surface area contributed by atoms with E-state index in [-0.39, 0.29) is 0 Å². The molecule has 0 saturated heterocycles. The molecule has 0 aliphatic heterocycles. The molecular weight excluding hydrogens is 276 g/mol. The van der Waals surface area contributed by atoms with Crippen LogP contribution in [0.5, 0.6) is 0 Å². The Morgan fingerprint density at radius 2 is 2.15 bits per heavy atom. The van der Waals surface area contributed by atoms with Gasteiger partial charge in [-0.25, -0.2) is 4.68 Å². The Hall–Kier alpha value is -2.33. The number of benzene rings is 1. The van der Waals surface area contributed by atoms with E-state index in [1.54, 1.807) is 29.1 Å². The van der Waals surface area contributed by atoms with E-state index in [1.807, 2.05) is 25.3 Å². The first-order chi connectivity index (χ1) is 9.67. The fraction of sp³-hybridized carbons (Fsp3) is 0.0667. The van der Waals surface area contributed by atoms with E-state index < -0.39 is 0 Å². The normalized spacial score (nSPS) is 10.7. The Kier molecular flexibility index (Phi) is 3.16. The summed E-state index contributed by atoms with van der Waals surface area (Å²) < 4.78 is 7.10. The molecule has 0 atom stereocenters. The van der Waals surface area contributed by atoms with Gasteiger partial charge in [0.05, 0.1) is 16.9 Å². The second kappa shape index (κ2) is 4.98. The lowest BCUT2D eigenvalue weighted by molar-refractivity contribution is 0.110. The number of rotatable bonds is 3. The van der Waals surface area contributed by atoms with Crippen LogP contribution in [0.3, 0.4) is 0 Å². The monoisotopic (exact) mass is 286 g/mol. The molecule has 0 radical (unpaired) electrons. The van der Waals surface area contributed by atoms with E-state index in [0.717, 1.165) is 16.8 Å². The van der Waals surface area contributed by atoms with Crippen molar-refractivity contribution < 1.29 is 9.21 Å². The lowest BCUT2D eigenvalue weighted by atomic mass is 10.1. The number of carbonyl (C=O) groups excluding carboxylic acids is 1. The molecule has 3 aromatic rings. The average Bonchev–Trinajstić information content (AvgIpc) is 3.07. The molecule has 4 nitrogen and oxygen atoms in total. The number of hydrogen-bond donors (Lipinski definition) is 0. The maximum Gasteiger partial charge on any atom is 0.185 e. The summed E-state index contributed by atoms with van der Waals surface area (Å²) >= 11 is 6.29. The third kappa shape index (κ3) is 2.26. The molecule has 0 bridgehead atoms. The lowest BCUT2D eigenvalue weighted by Crippen LogP contribution is -1.95. The van der Waals surface area contributed by atoms with Crippen molar-refractivity contribution in [3.63, 3.8) is 0 Å². The molecule has 3 rings (SSSR count). The third-order valence-electron chi connectivity index (χ3n) is 2.93. The molecule has 0 spiro atoms. The van der Waals surface area contributed by atoms with Gasteiger partial charge in [0.1, 0.15) is 5.76 Å². The van der Waals surface area contributed by atoms with Crippen molar-refractivity contribution in [1.82, 2.24) is 9.78 Å². The topological polar surface area (TPSA) is 48.0 Å². The summed E-state index contributed by atoms with van der Waals surface area (Å²) in [6.45, 7) is 1.97. The van der Waals surface area contributed by atoms with Crippen molar-refractivity contribution in [2.24, 2.45) is 0 Å². The summed E-state index contributed by atoms with van der Waals surface area (Å²) in [4.78, 5) is 10.6. The molecule has 0 N–H and O–H groups in total.